The van der Waals surface area contributed by atoms with Gasteiger partial charge >= 0.3 is 0 Å². The van der Waals surface area contributed by atoms with E-state index in [4.69, 9.17) is 4.74 Å². The fraction of sp³-hybridized carbons (Fsp3) is 0.312. The Kier molecular flexibility index (Phi) is 3.36. The zero-order valence-corrected chi connectivity index (χ0v) is 11.1. The Bertz CT molecular complexity index is 581. The van der Waals surface area contributed by atoms with E-state index in [2.05, 4.69) is 28.5 Å². The number of benzene rings is 1. The summed E-state index contributed by atoms with van der Waals surface area (Å²) >= 11 is 0. The number of rotatable bonds is 4. The summed E-state index contributed by atoms with van der Waals surface area (Å²) in [6.45, 7) is 0.767. The summed E-state index contributed by atoms with van der Waals surface area (Å²) in [7, 11) is 1.69. The van der Waals surface area contributed by atoms with Gasteiger partial charge in [-0.15, -0.1) is 0 Å². The Balaban J connectivity index is 1.68. The van der Waals surface area contributed by atoms with Gasteiger partial charge < -0.3 is 10.1 Å². The molecule has 0 spiro atoms. The highest BCUT2D eigenvalue weighted by atomic mass is 16.5. The molecule has 3 heteroatoms. The van der Waals surface area contributed by atoms with Crippen molar-refractivity contribution in [3.05, 3.63) is 53.2 Å². The summed E-state index contributed by atoms with van der Waals surface area (Å²) in [5.41, 5.74) is 3.87. The summed E-state index contributed by atoms with van der Waals surface area (Å²) in [5.74, 6) is 1.85. The highest BCUT2D eigenvalue weighted by molar-refractivity contribution is 5.41. The molecule has 0 atom stereocenters. The van der Waals surface area contributed by atoms with E-state index in [1.165, 1.54) is 29.7 Å². The molecule has 0 unspecified atom stereocenters. The van der Waals surface area contributed by atoms with Crippen molar-refractivity contribution < 1.29 is 4.74 Å². The molecular weight excluding hydrogens is 236 g/mol. The van der Waals surface area contributed by atoms with Gasteiger partial charge in [0, 0.05) is 12.2 Å². The normalized spacial score (nSPS) is 13.1. The van der Waals surface area contributed by atoms with Gasteiger partial charge in [-0.1, -0.05) is 18.2 Å². The van der Waals surface area contributed by atoms with E-state index in [1.807, 2.05) is 18.2 Å². The van der Waals surface area contributed by atoms with Crippen molar-refractivity contribution in [3.63, 3.8) is 0 Å². The monoisotopic (exact) mass is 254 g/mol. The molecule has 0 amide bonds. The first-order valence-electron chi connectivity index (χ1n) is 6.71. The van der Waals surface area contributed by atoms with Crippen LogP contribution in [-0.2, 0) is 19.4 Å². The number of methoxy groups -OCH3 is 1. The fourth-order valence-corrected chi connectivity index (χ4v) is 2.49. The molecule has 3 nitrogen and oxygen atoms in total. The van der Waals surface area contributed by atoms with Crippen LogP contribution in [0.25, 0.3) is 0 Å². The second kappa shape index (κ2) is 5.31. The molecular formula is C16H18N2O. The Morgan fingerprint density at radius 1 is 1.21 bits per heavy atom. The number of fused-ring (bicyclic) bond motifs is 1. The van der Waals surface area contributed by atoms with Crippen molar-refractivity contribution in [2.75, 3.05) is 12.4 Å². The molecule has 0 saturated heterocycles. The maximum Gasteiger partial charge on any atom is 0.126 e. The molecule has 1 aliphatic carbocycles. The third-order valence-corrected chi connectivity index (χ3v) is 3.54. The van der Waals surface area contributed by atoms with Gasteiger partial charge in [0.1, 0.15) is 11.6 Å². The molecule has 0 radical (unpaired) electrons. The van der Waals surface area contributed by atoms with Gasteiger partial charge in [0.15, 0.2) is 0 Å². The van der Waals surface area contributed by atoms with E-state index >= 15 is 0 Å². The maximum absolute atomic E-state index is 5.22. The third kappa shape index (κ3) is 2.70. The van der Waals surface area contributed by atoms with Gasteiger partial charge in [-0.3, -0.25) is 0 Å². The molecule has 0 saturated carbocycles. The minimum absolute atomic E-state index is 0.767. The van der Waals surface area contributed by atoms with Crippen molar-refractivity contribution in [3.8, 4) is 5.75 Å². The van der Waals surface area contributed by atoms with Gasteiger partial charge in [-0.05, 0) is 48.6 Å². The minimum Gasteiger partial charge on any atom is -0.497 e. The Labute approximate surface area is 113 Å². The summed E-state index contributed by atoms with van der Waals surface area (Å²) in [5, 5.41) is 3.38. The highest BCUT2D eigenvalue weighted by Gasteiger charge is 2.12. The standard InChI is InChI=1S/C16H18N2O/c1-19-14-6-2-4-12(10-14)11-17-16-9-8-13-5-3-7-15(13)18-16/h2,4,6,8-10H,3,5,7,11H2,1H3,(H,17,18). The van der Waals surface area contributed by atoms with Gasteiger partial charge in [-0.25, -0.2) is 4.98 Å². The van der Waals surface area contributed by atoms with Crippen LogP contribution >= 0.6 is 0 Å². The summed E-state index contributed by atoms with van der Waals surface area (Å²) in [6, 6.07) is 12.4. The Morgan fingerprint density at radius 3 is 3.05 bits per heavy atom. The van der Waals surface area contributed by atoms with Crippen LogP contribution < -0.4 is 10.1 Å². The number of hydrogen-bond donors (Lipinski definition) is 1. The van der Waals surface area contributed by atoms with Gasteiger partial charge in [0.25, 0.3) is 0 Å². The van der Waals surface area contributed by atoms with Gasteiger partial charge in [0.05, 0.1) is 7.11 Å². The molecule has 2 aromatic rings. The first-order chi connectivity index (χ1) is 9.35. The van der Waals surface area contributed by atoms with E-state index in [9.17, 15) is 0 Å². The zero-order chi connectivity index (χ0) is 13.1. The quantitative estimate of drug-likeness (QED) is 0.909. The van der Waals surface area contributed by atoms with E-state index < -0.39 is 0 Å². The van der Waals surface area contributed by atoms with Crippen LogP contribution in [0, 0.1) is 0 Å². The number of nitrogens with one attached hydrogen (secondary N) is 1. The zero-order valence-electron chi connectivity index (χ0n) is 11.1. The second-order valence-corrected chi connectivity index (χ2v) is 4.86. The predicted octanol–water partition coefficient (Wildman–Crippen LogP) is 3.19. The van der Waals surface area contributed by atoms with Crippen molar-refractivity contribution in [1.82, 2.24) is 4.98 Å². The lowest BCUT2D eigenvalue weighted by Gasteiger charge is -2.08. The topological polar surface area (TPSA) is 34.1 Å². The highest BCUT2D eigenvalue weighted by Crippen LogP contribution is 2.22. The van der Waals surface area contributed by atoms with E-state index in [0.29, 0.717) is 0 Å². The number of aromatic nitrogens is 1. The van der Waals surface area contributed by atoms with E-state index in [0.717, 1.165) is 24.5 Å². The number of ether oxygens (including phenoxy) is 1. The molecule has 1 aromatic heterocycles. The predicted molar refractivity (Wildman–Crippen MR) is 76.6 cm³/mol. The van der Waals surface area contributed by atoms with Crippen LogP contribution in [0.1, 0.15) is 23.2 Å². The number of pyridine rings is 1. The molecule has 3 rings (SSSR count). The third-order valence-electron chi connectivity index (χ3n) is 3.54. The average Bonchev–Trinajstić information content (AvgIpc) is 2.93. The van der Waals surface area contributed by atoms with E-state index in [-0.39, 0.29) is 0 Å². The first-order valence-corrected chi connectivity index (χ1v) is 6.71. The SMILES string of the molecule is COc1cccc(CNc2ccc3c(n2)CCC3)c1. The van der Waals surface area contributed by atoms with Crippen LogP contribution in [0.2, 0.25) is 0 Å². The largest absolute Gasteiger partial charge is 0.497 e. The molecule has 19 heavy (non-hydrogen) atoms. The molecule has 1 aromatic carbocycles. The molecule has 0 bridgehead atoms. The van der Waals surface area contributed by atoms with Crippen molar-refractivity contribution in [2.24, 2.45) is 0 Å². The van der Waals surface area contributed by atoms with Crippen molar-refractivity contribution >= 4 is 5.82 Å². The summed E-state index contributed by atoms with van der Waals surface area (Å²) < 4.78 is 5.22. The van der Waals surface area contributed by atoms with E-state index in [1.54, 1.807) is 7.11 Å². The lowest BCUT2D eigenvalue weighted by atomic mass is 10.2. The van der Waals surface area contributed by atoms with Gasteiger partial charge in [0.2, 0.25) is 0 Å². The minimum atomic E-state index is 0.767. The second-order valence-electron chi connectivity index (χ2n) is 4.86. The van der Waals surface area contributed by atoms with Gasteiger partial charge in [-0.2, -0.15) is 0 Å². The molecule has 0 fully saturated rings. The van der Waals surface area contributed by atoms with Crippen LogP contribution in [0.5, 0.6) is 5.75 Å². The fourth-order valence-electron chi connectivity index (χ4n) is 2.49. The van der Waals surface area contributed by atoms with Crippen LogP contribution in [0.4, 0.5) is 5.82 Å². The molecule has 0 aliphatic heterocycles. The van der Waals surface area contributed by atoms with Crippen LogP contribution in [0.3, 0.4) is 0 Å². The van der Waals surface area contributed by atoms with Crippen LogP contribution in [-0.4, -0.2) is 12.1 Å². The summed E-state index contributed by atoms with van der Waals surface area (Å²) in [6.07, 6.45) is 3.53. The molecule has 1 heterocycles. The lowest BCUT2D eigenvalue weighted by molar-refractivity contribution is 0.414. The Morgan fingerprint density at radius 2 is 2.16 bits per heavy atom. The molecule has 1 N–H and O–H groups in total. The average molecular weight is 254 g/mol. The van der Waals surface area contributed by atoms with Crippen LogP contribution in [0.15, 0.2) is 36.4 Å². The molecule has 1 aliphatic rings. The lowest BCUT2D eigenvalue weighted by Crippen LogP contribution is -2.03. The van der Waals surface area contributed by atoms with Crippen molar-refractivity contribution in [2.45, 2.75) is 25.8 Å². The number of aryl methyl sites for hydroxylation is 2. The molecule has 98 valence electrons. The summed E-state index contributed by atoms with van der Waals surface area (Å²) in [4.78, 5) is 4.67. The smallest absolute Gasteiger partial charge is 0.126 e. The number of nitrogens with zero attached hydrogens (tertiary/aromatic N) is 1. The Hall–Kier alpha value is -2.03. The first kappa shape index (κ1) is 12.0. The van der Waals surface area contributed by atoms with Crippen molar-refractivity contribution in [1.29, 1.82) is 0 Å². The number of hydrogen-bond acceptors (Lipinski definition) is 3. The maximum atomic E-state index is 5.22. The number of anilines is 1.